The molecule has 0 saturated heterocycles. The average molecular weight is 505 g/mol. The second kappa shape index (κ2) is 9.36. The van der Waals surface area contributed by atoms with E-state index in [-0.39, 0.29) is 5.57 Å². The van der Waals surface area contributed by atoms with Gasteiger partial charge in [0.25, 0.3) is 5.91 Å². The summed E-state index contributed by atoms with van der Waals surface area (Å²) in [5, 5.41) is 13.1. The summed E-state index contributed by atoms with van der Waals surface area (Å²) in [7, 11) is 1.58. The van der Waals surface area contributed by atoms with Gasteiger partial charge in [-0.05, 0) is 47.3 Å². The maximum Gasteiger partial charge on any atom is 0.296 e. The highest BCUT2D eigenvalue weighted by molar-refractivity contribution is 7.22. The standard InChI is InChI=1S/C26H20N2O5S2/c1-3-12-33-16-8-6-15(7-9-16)22-21(23(29)19-5-4-13-34-19)24(30)25(31)28(22)26-27-18-11-10-17(32-2)14-20(18)35-26/h3-11,13-14,22,30H,1,12H2,2H3. The van der Waals surface area contributed by atoms with Crippen LogP contribution in [0.1, 0.15) is 21.3 Å². The smallest absolute Gasteiger partial charge is 0.296 e. The molecule has 0 spiro atoms. The van der Waals surface area contributed by atoms with Crippen LogP contribution in [0.2, 0.25) is 0 Å². The summed E-state index contributed by atoms with van der Waals surface area (Å²) in [6.45, 7) is 4.00. The minimum absolute atomic E-state index is 0.0223. The lowest BCUT2D eigenvalue weighted by molar-refractivity contribution is -0.117. The van der Waals surface area contributed by atoms with Crippen LogP contribution in [0.15, 0.2) is 84.0 Å². The lowest BCUT2D eigenvalue weighted by Gasteiger charge is -2.24. The largest absolute Gasteiger partial charge is 0.503 e. The number of aromatic nitrogens is 1. The van der Waals surface area contributed by atoms with Crippen molar-refractivity contribution in [2.75, 3.05) is 18.6 Å². The Morgan fingerprint density at radius 3 is 2.66 bits per heavy atom. The summed E-state index contributed by atoms with van der Waals surface area (Å²) in [6, 6.07) is 15.1. The van der Waals surface area contributed by atoms with Gasteiger partial charge in [0.2, 0.25) is 5.78 Å². The Kier molecular flexibility index (Phi) is 6.10. The molecule has 9 heteroatoms. The number of ether oxygens (including phenoxy) is 2. The number of Topliss-reactive ketones (excluding diaryl/α,β-unsaturated/α-hetero) is 1. The van der Waals surface area contributed by atoms with Crippen LogP contribution in [-0.4, -0.2) is 35.5 Å². The second-order valence-electron chi connectivity index (χ2n) is 7.65. The number of thiazole rings is 1. The van der Waals surface area contributed by atoms with Crippen molar-refractivity contribution in [3.8, 4) is 11.5 Å². The molecular weight excluding hydrogens is 484 g/mol. The summed E-state index contributed by atoms with van der Waals surface area (Å²) >= 11 is 2.54. The highest BCUT2D eigenvalue weighted by Crippen LogP contribution is 2.45. The fourth-order valence-corrected chi connectivity index (χ4v) is 5.61. The van der Waals surface area contributed by atoms with Gasteiger partial charge in [-0.15, -0.1) is 11.3 Å². The fraction of sp³-hybridized carbons (Fsp3) is 0.115. The molecule has 0 saturated carbocycles. The van der Waals surface area contributed by atoms with Crippen LogP contribution >= 0.6 is 22.7 Å². The molecule has 0 bridgehead atoms. The van der Waals surface area contributed by atoms with Crippen molar-refractivity contribution < 1.29 is 24.2 Å². The van der Waals surface area contributed by atoms with Gasteiger partial charge in [0.15, 0.2) is 10.9 Å². The van der Waals surface area contributed by atoms with E-state index in [4.69, 9.17) is 9.47 Å². The molecule has 4 aromatic rings. The first-order chi connectivity index (χ1) is 17.0. The topological polar surface area (TPSA) is 89.0 Å². The number of thiophene rings is 1. The number of nitrogens with zero attached hydrogens (tertiary/aromatic N) is 2. The number of benzene rings is 2. The number of anilines is 1. The molecule has 2 aromatic carbocycles. The number of fused-ring (bicyclic) bond motifs is 1. The minimum Gasteiger partial charge on any atom is -0.503 e. The highest BCUT2D eigenvalue weighted by Gasteiger charge is 2.46. The third-order valence-electron chi connectivity index (χ3n) is 5.55. The van der Waals surface area contributed by atoms with Crippen molar-refractivity contribution in [3.63, 3.8) is 0 Å². The van der Waals surface area contributed by atoms with E-state index in [0.29, 0.717) is 39.2 Å². The van der Waals surface area contributed by atoms with Crippen LogP contribution in [0, 0.1) is 0 Å². The number of carbonyl (C=O) groups is 2. The monoisotopic (exact) mass is 504 g/mol. The number of carbonyl (C=O) groups excluding carboxylic acids is 2. The van der Waals surface area contributed by atoms with Crippen LogP contribution < -0.4 is 14.4 Å². The SMILES string of the molecule is C=CCOc1ccc(C2C(C(=O)c3cccs3)=C(O)C(=O)N2c2nc3ccc(OC)cc3s2)cc1. The molecule has 1 amide bonds. The molecule has 0 fully saturated rings. The van der Waals surface area contributed by atoms with Crippen molar-refractivity contribution in [2.24, 2.45) is 0 Å². The Morgan fingerprint density at radius 1 is 1.20 bits per heavy atom. The Hall–Kier alpha value is -3.95. The first-order valence-electron chi connectivity index (χ1n) is 10.6. The van der Waals surface area contributed by atoms with Gasteiger partial charge < -0.3 is 14.6 Å². The number of hydrogen-bond donors (Lipinski definition) is 1. The Balaban J connectivity index is 1.62. The van der Waals surface area contributed by atoms with Crippen molar-refractivity contribution in [1.29, 1.82) is 0 Å². The van der Waals surface area contributed by atoms with Gasteiger partial charge in [0, 0.05) is 0 Å². The van der Waals surface area contributed by atoms with E-state index in [9.17, 15) is 14.7 Å². The van der Waals surface area contributed by atoms with Crippen LogP contribution in [0.5, 0.6) is 11.5 Å². The summed E-state index contributed by atoms with van der Waals surface area (Å²) in [6.07, 6.45) is 1.64. The van der Waals surface area contributed by atoms with Crippen molar-refractivity contribution in [2.45, 2.75) is 6.04 Å². The third kappa shape index (κ3) is 4.09. The molecule has 0 aliphatic carbocycles. The first-order valence-corrected chi connectivity index (χ1v) is 12.3. The van der Waals surface area contributed by atoms with E-state index in [1.54, 1.807) is 67.1 Å². The minimum atomic E-state index is -0.854. The summed E-state index contributed by atoms with van der Waals surface area (Å²) in [5.74, 6) is -0.351. The van der Waals surface area contributed by atoms with Crippen LogP contribution in [-0.2, 0) is 4.79 Å². The second-order valence-corrected chi connectivity index (χ2v) is 9.60. The summed E-state index contributed by atoms with van der Waals surface area (Å²) < 4.78 is 11.7. The number of ketones is 1. The van der Waals surface area contributed by atoms with E-state index >= 15 is 0 Å². The van der Waals surface area contributed by atoms with Crippen LogP contribution in [0.3, 0.4) is 0 Å². The zero-order valence-corrected chi connectivity index (χ0v) is 20.3. The van der Waals surface area contributed by atoms with E-state index in [1.165, 1.54) is 27.6 Å². The molecule has 7 nitrogen and oxygen atoms in total. The first kappa shape index (κ1) is 22.8. The van der Waals surface area contributed by atoms with Crippen molar-refractivity contribution in [1.82, 2.24) is 4.98 Å². The number of amides is 1. The Labute approximate surface area is 209 Å². The zero-order valence-electron chi connectivity index (χ0n) is 18.6. The van der Waals surface area contributed by atoms with Gasteiger partial charge in [-0.25, -0.2) is 4.98 Å². The Bertz CT molecular complexity index is 1450. The van der Waals surface area contributed by atoms with E-state index < -0.39 is 23.5 Å². The maximum atomic E-state index is 13.4. The van der Waals surface area contributed by atoms with Gasteiger partial charge in [-0.3, -0.25) is 14.5 Å². The summed E-state index contributed by atoms with van der Waals surface area (Å²) in [5.41, 5.74) is 1.35. The molecule has 3 heterocycles. The fourth-order valence-electron chi connectivity index (χ4n) is 3.91. The lowest BCUT2D eigenvalue weighted by Crippen LogP contribution is -2.30. The molecule has 1 atom stereocenters. The summed E-state index contributed by atoms with van der Waals surface area (Å²) in [4.78, 5) is 33.2. The third-order valence-corrected chi connectivity index (χ3v) is 7.44. The van der Waals surface area contributed by atoms with Gasteiger partial charge in [0.1, 0.15) is 18.1 Å². The molecule has 2 aromatic heterocycles. The van der Waals surface area contributed by atoms with E-state index in [0.717, 1.165) is 4.70 Å². The van der Waals surface area contributed by atoms with E-state index in [2.05, 4.69) is 11.6 Å². The number of methoxy groups -OCH3 is 1. The lowest BCUT2D eigenvalue weighted by atomic mass is 9.95. The molecule has 1 unspecified atom stereocenters. The normalized spacial score (nSPS) is 15.6. The maximum absolute atomic E-state index is 13.4. The van der Waals surface area contributed by atoms with E-state index in [1.807, 2.05) is 6.07 Å². The quantitative estimate of drug-likeness (QED) is 0.244. The zero-order chi connectivity index (χ0) is 24.5. The van der Waals surface area contributed by atoms with Crippen molar-refractivity contribution in [3.05, 3.63) is 94.4 Å². The molecular formula is C26H20N2O5S2. The number of hydrogen-bond acceptors (Lipinski definition) is 8. The van der Waals surface area contributed by atoms with Gasteiger partial charge in [-0.1, -0.05) is 42.2 Å². The molecule has 0 radical (unpaired) electrons. The molecule has 35 heavy (non-hydrogen) atoms. The van der Waals surface area contributed by atoms with Gasteiger partial charge in [-0.2, -0.15) is 0 Å². The predicted molar refractivity (Wildman–Crippen MR) is 137 cm³/mol. The molecule has 176 valence electrons. The predicted octanol–water partition coefficient (Wildman–Crippen LogP) is 5.71. The molecule has 1 aliphatic rings. The number of rotatable bonds is 8. The van der Waals surface area contributed by atoms with Crippen molar-refractivity contribution >= 4 is 49.7 Å². The molecule has 5 rings (SSSR count). The molecule has 1 N–H and O–H groups in total. The van der Waals surface area contributed by atoms with Gasteiger partial charge >= 0.3 is 0 Å². The average Bonchev–Trinajstić information content (AvgIpc) is 3.61. The van der Waals surface area contributed by atoms with Crippen LogP contribution in [0.4, 0.5) is 5.13 Å². The van der Waals surface area contributed by atoms with Gasteiger partial charge in [0.05, 0.1) is 33.8 Å². The highest BCUT2D eigenvalue weighted by atomic mass is 32.1. The van der Waals surface area contributed by atoms with Crippen LogP contribution in [0.25, 0.3) is 10.2 Å². The number of aliphatic hydroxyl groups is 1. The molecule has 1 aliphatic heterocycles. The number of aliphatic hydroxyl groups excluding tert-OH is 1. The Morgan fingerprint density at radius 2 is 1.97 bits per heavy atom.